The van der Waals surface area contributed by atoms with Gasteiger partial charge in [0, 0.05) is 11.7 Å². The molecule has 3 heteroatoms. The lowest BCUT2D eigenvalue weighted by Crippen LogP contribution is -2.71. The number of hydrogen-bond acceptors (Lipinski definition) is 2. The maximum Gasteiger partial charge on any atom is 0.275 e. The van der Waals surface area contributed by atoms with Gasteiger partial charge in [0.15, 0.2) is 0 Å². The molecule has 3 N–H and O–H groups in total. The summed E-state index contributed by atoms with van der Waals surface area (Å²) in [6.45, 7) is 5.39. The SMILES string of the molecule is CC1CC=C(c2ccc(C3=[NH+]CC(C)N3)cc2)N1. The molecular formula is C15H20N3+. The summed E-state index contributed by atoms with van der Waals surface area (Å²) in [6.07, 6.45) is 3.40. The first kappa shape index (κ1) is 11.3. The van der Waals surface area contributed by atoms with E-state index in [1.54, 1.807) is 0 Å². The van der Waals surface area contributed by atoms with E-state index in [1.807, 2.05) is 0 Å². The van der Waals surface area contributed by atoms with Crippen molar-refractivity contribution < 1.29 is 4.99 Å². The van der Waals surface area contributed by atoms with Gasteiger partial charge in [-0.25, -0.2) is 0 Å². The van der Waals surface area contributed by atoms with Gasteiger partial charge in [-0.3, -0.25) is 10.3 Å². The van der Waals surface area contributed by atoms with E-state index in [9.17, 15) is 0 Å². The third kappa shape index (κ3) is 2.13. The maximum absolute atomic E-state index is 3.49. The Labute approximate surface area is 108 Å². The molecule has 2 atom stereocenters. The molecule has 2 aliphatic rings. The van der Waals surface area contributed by atoms with Crippen LogP contribution in [0.25, 0.3) is 5.70 Å². The van der Waals surface area contributed by atoms with Gasteiger partial charge in [0.1, 0.15) is 12.6 Å². The topological polar surface area (TPSA) is 38.0 Å². The molecule has 3 rings (SSSR count). The van der Waals surface area contributed by atoms with Crippen LogP contribution >= 0.6 is 0 Å². The number of benzene rings is 1. The van der Waals surface area contributed by atoms with E-state index in [2.05, 4.69) is 59.8 Å². The van der Waals surface area contributed by atoms with Crippen LogP contribution in [0.1, 0.15) is 31.4 Å². The van der Waals surface area contributed by atoms with Crippen LogP contribution in [0.4, 0.5) is 0 Å². The van der Waals surface area contributed by atoms with Gasteiger partial charge in [-0.1, -0.05) is 18.2 Å². The van der Waals surface area contributed by atoms with Crippen molar-refractivity contribution in [1.82, 2.24) is 10.6 Å². The van der Waals surface area contributed by atoms with Crippen molar-refractivity contribution in [2.24, 2.45) is 0 Å². The Hall–Kier alpha value is -1.77. The summed E-state index contributed by atoms with van der Waals surface area (Å²) in [5, 5.41) is 6.93. The van der Waals surface area contributed by atoms with Crippen molar-refractivity contribution >= 4 is 11.5 Å². The van der Waals surface area contributed by atoms with Crippen LogP contribution in [0.5, 0.6) is 0 Å². The summed E-state index contributed by atoms with van der Waals surface area (Å²) >= 11 is 0. The largest absolute Gasteiger partial charge is 0.382 e. The zero-order chi connectivity index (χ0) is 12.5. The molecule has 1 aromatic carbocycles. The normalized spacial score (nSPS) is 26.3. The molecule has 0 spiro atoms. The predicted molar refractivity (Wildman–Crippen MR) is 74.2 cm³/mol. The molecular weight excluding hydrogens is 222 g/mol. The van der Waals surface area contributed by atoms with E-state index in [0.717, 1.165) is 18.8 Å². The van der Waals surface area contributed by atoms with Gasteiger partial charge in [-0.2, -0.15) is 0 Å². The van der Waals surface area contributed by atoms with Crippen LogP contribution < -0.4 is 15.6 Å². The van der Waals surface area contributed by atoms with Crippen LogP contribution in [0.15, 0.2) is 30.3 Å². The lowest BCUT2D eigenvalue weighted by molar-refractivity contribution is -0.447. The number of nitrogens with one attached hydrogen (secondary N) is 3. The van der Waals surface area contributed by atoms with Crippen LogP contribution in [-0.2, 0) is 0 Å². The summed E-state index contributed by atoms with van der Waals surface area (Å²) in [5.74, 6) is 1.15. The second kappa shape index (κ2) is 4.48. The third-order valence-corrected chi connectivity index (χ3v) is 3.54. The molecule has 18 heavy (non-hydrogen) atoms. The Kier molecular flexibility index (Phi) is 2.82. The zero-order valence-electron chi connectivity index (χ0n) is 11.0. The molecule has 0 aromatic heterocycles. The molecule has 2 aliphatic heterocycles. The van der Waals surface area contributed by atoms with E-state index >= 15 is 0 Å². The van der Waals surface area contributed by atoms with E-state index in [0.29, 0.717) is 12.1 Å². The van der Waals surface area contributed by atoms with Crippen LogP contribution in [0.3, 0.4) is 0 Å². The van der Waals surface area contributed by atoms with Crippen LogP contribution in [0.2, 0.25) is 0 Å². The van der Waals surface area contributed by atoms with Gasteiger partial charge in [0.05, 0.1) is 5.56 Å². The number of amidine groups is 1. The molecule has 1 aromatic rings. The molecule has 0 amide bonds. The minimum Gasteiger partial charge on any atom is -0.382 e. The number of rotatable bonds is 2. The van der Waals surface area contributed by atoms with Crippen molar-refractivity contribution in [3.63, 3.8) is 0 Å². The first-order chi connectivity index (χ1) is 8.72. The standard InChI is InChI=1S/C15H19N3/c1-10-3-8-14(17-10)12-4-6-13(7-5-12)15-16-9-11(2)18-15/h4-8,10-11,17H,3,9H2,1-2H3,(H,16,18)/p+1. The summed E-state index contributed by atoms with van der Waals surface area (Å²) in [4.78, 5) is 3.39. The monoisotopic (exact) mass is 242 g/mol. The van der Waals surface area contributed by atoms with Crippen LogP contribution in [0, 0.1) is 0 Å². The van der Waals surface area contributed by atoms with Gasteiger partial charge in [-0.05, 0) is 38.0 Å². The molecule has 0 saturated carbocycles. The van der Waals surface area contributed by atoms with Gasteiger partial charge in [0.2, 0.25) is 0 Å². The van der Waals surface area contributed by atoms with E-state index in [-0.39, 0.29) is 0 Å². The van der Waals surface area contributed by atoms with E-state index in [4.69, 9.17) is 0 Å². The van der Waals surface area contributed by atoms with Gasteiger partial charge in [0.25, 0.3) is 5.84 Å². The highest BCUT2D eigenvalue weighted by molar-refractivity contribution is 5.95. The summed E-state index contributed by atoms with van der Waals surface area (Å²) in [5.41, 5.74) is 3.77. The highest BCUT2D eigenvalue weighted by Gasteiger charge is 2.21. The predicted octanol–water partition coefficient (Wildman–Crippen LogP) is 0.228. The fourth-order valence-corrected chi connectivity index (χ4v) is 2.48. The first-order valence-electron chi connectivity index (χ1n) is 6.67. The number of hydrogen-bond donors (Lipinski definition) is 3. The average Bonchev–Trinajstić information content (AvgIpc) is 2.98. The Balaban J connectivity index is 1.77. The highest BCUT2D eigenvalue weighted by Crippen LogP contribution is 2.19. The lowest BCUT2D eigenvalue weighted by atomic mass is 10.1. The molecule has 2 heterocycles. The molecule has 0 bridgehead atoms. The van der Waals surface area contributed by atoms with Crippen molar-refractivity contribution in [1.29, 1.82) is 0 Å². The Morgan fingerprint density at radius 2 is 1.72 bits per heavy atom. The smallest absolute Gasteiger partial charge is 0.275 e. The summed E-state index contributed by atoms with van der Waals surface area (Å²) in [7, 11) is 0. The second-order valence-electron chi connectivity index (χ2n) is 5.28. The summed E-state index contributed by atoms with van der Waals surface area (Å²) in [6, 6.07) is 9.80. The molecule has 0 radical (unpaired) electrons. The van der Waals surface area contributed by atoms with Crippen molar-refractivity contribution in [2.75, 3.05) is 6.54 Å². The molecule has 3 nitrogen and oxygen atoms in total. The average molecular weight is 242 g/mol. The van der Waals surface area contributed by atoms with E-state index < -0.39 is 0 Å². The van der Waals surface area contributed by atoms with Crippen LogP contribution in [-0.4, -0.2) is 24.5 Å². The fourth-order valence-electron chi connectivity index (χ4n) is 2.48. The van der Waals surface area contributed by atoms with Gasteiger partial charge < -0.3 is 5.32 Å². The Morgan fingerprint density at radius 3 is 2.28 bits per heavy atom. The molecule has 0 fully saturated rings. The molecule has 0 saturated heterocycles. The Morgan fingerprint density at radius 1 is 1.00 bits per heavy atom. The Bertz CT molecular complexity index is 452. The minimum absolute atomic E-state index is 0.514. The van der Waals surface area contributed by atoms with Crippen molar-refractivity contribution in [3.8, 4) is 0 Å². The minimum atomic E-state index is 0.514. The maximum atomic E-state index is 3.49. The first-order valence-corrected chi connectivity index (χ1v) is 6.67. The fraction of sp³-hybridized carbons (Fsp3) is 0.400. The van der Waals surface area contributed by atoms with Crippen molar-refractivity contribution in [2.45, 2.75) is 32.4 Å². The second-order valence-corrected chi connectivity index (χ2v) is 5.28. The lowest BCUT2D eigenvalue weighted by Gasteiger charge is -2.08. The van der Waals surface area contributed by atoms with E-state index in [1.165, 1.54) is 16.8 Å². The summed E-state index contributed by atoms with van der Waals surface area (Å²) < 4.78 is 0. The molecule has 94 valence electrons. The molecule has 2 unspecified atom stereocenters. The quantitative estimate of drug-likeness (QED) is 0.694. The van der Waals surface area contributed by atoms with Gasteiger partial charge >= 0.3 is 0 Å². The zero-order valence-corrected chi connectivity index (χ0v) is 11.0. The van der Waals surface area contributed by atoms with Crippen molar-refractivity contribution in [3.05, 3.63) is 41.5 Å². The highest BCUT2D eigenvalue weighted by atomic mass is 15.1. The third-order valence-electron chi connectivity index (χ3n) is 3.54. The molecule has 0 aliphatic carbocycles. The van der Waals surface area contributed by atoms with Gasteiger partial charge in [-0.15, -0.1) is 0 Å².